The molecule has 0 radical (unpaired) electrons. The molecule has 1 heterocycles. The molecule has 0 atom stereocenters. The first-order chi connectivity index (χ1) is 9.40. The summed E-state index contributed by atoms with van der Waals surface area (Å²) in [7, 11) is 0. The zero-order valence-corrected chi connectivity index (χ0v) is 10.6. The van der Waals surface area contributed by atoms with Crippen molar-refractivity contribution < 1.29 is 13.2 Å². The van der Waals surface area contributed by atoms with E-state index in [4.69, 9.17) is 16.9 Å². The Morgan fingerprint density at radius 2 is 1.90 bits per heavy atom. The SMILES string of the molecule is N#Cc1cc(Cl)nc(Nc2ccccc2C(F)(F)F)c1. The second-order valence-corrected chi connectivity index (χ2v) is 4.23. The Kier molecular flexibility index (Phi) is 3.81. The van der Waals surface area contributed by atoms with Crippen LogP contribution in [0.1, 0.15) is 11.1 Å². The highest BCUT2D eigenvalue weighted by molar-refractivity contribution is 6.29. The van der Waals surface area contributed by atoms with Gasteiger partial charge in [0.1, 0.15) is 11.0 Å². The molecule has 1 N–H and O–H groups in total. The summed E-state index contributed by atoms with van der Waals surface area (Å²) in [6.07, 6.45) is -4.49. The number of pyridine rings is 1. The number of nitrogens with one attached hydrogen (secondary N) is 1. The van der Waals surface area contributed by atoms with E-state index in [9.17, 15) is 13.2 Å². The Morgan fingerprint density at radius 3 is 2.55 bits per heavy atom. The average Bonchev–Trinajstić information content (AvgIpc) is 2.37. The molecule has 0 amide bonds. The van der Waals surface area contributed by atoms with E-state index in [1.54, 1.807) is 0 Å². The summed E-state index contributed by atoms with van der Waals surface area (Å²) < 4.78 is 38.5. The number of hydrogen-bond donors (Lipinski definition) is 1. The summed E-state index contributed by atoms with van der Waals surface area (Å²) in [6.45, 7) is 0. The van der Waals surface area contributed by atoms with Gasteiger partial charge in [-0.3, -0.25) is 0 Å². The topological polar surface area (TPSA) is 48.7 Å². The molecular weight excluding hydrogens is 291 g/mol. The van der Waals surface area contributed by atoms with Gasteiger partial charge in [0.2, 0.25) is 0 Å². The molecule has 1 aromatic carbocycles. The number of halogens is 4. The molecule has 1 aromatic heterocycles. The lowest BCUT2D eigenvalue weighted by molar-refractivity contribution is -0.136. The minimum Gasteiger partial charge on any atom is -0.340 e. The fraction of sp³-hybridized carbons (Fsp3) is 0.0769. The van der Waals surface area contributed by atoms with Crippen molar-refractivity contribution in [3.8, 4) is 6.07 Å². The van der Waals surface area contributed by atoms with Gasteiger partial charge in [0.05, 0.1) is 22.9 Å². The minimum atomic E-state index is -4.49. The first-order valence-corrected chi connectivity index (χ1v) is 5.79. The maximum absolute atomic E-state index is 12.8. The summed E-state index contributed by atoms with van der Waals surface area (Å²) in [5, 5.41) is 11.3. The van der Waals surface area contributed by atoms with E-state index in [1.165, 1.54) is 30.3 Å². The van der Waals surface area contributed by atoms with Gasteiger partial charge in [-0.1, -0.05) is 23.7 Å². The molecule has 102 valence electrons. The predicted molar refractivity (Wildman–Crippen MR) is 68.7 cm³/mol. The van der Waals surface area contributed by atoms with E-state index in [0.717, 1.165) is 6.07 Å². The molecule has 0 fully saturated rings. The van der Waals surface area contributed by atoms with Gasteiger partial charge in [0, 0.05) is 0 Å². The van der Waals surface area contributed by atoms with E-state index in [-0.39, 0.29) is 22.2 Å². The molecule has 0 saturated heterocycles. The number of nitriles is 1. The van der Waals surface area contributed by atoms with Crippen LogP contribution in [0.15, 0.2) is 36.4 Å². The van der Waals surface area contributed by atoms with Gasteiger partial charge in [-0.15, -0.1) is 0 Å². The number of rotatable bonds is 2. The average molecular weight is 298 g/mol. The molecule has 0 unspecified atom stereocenters. The lowest BCUT2D eigenvalue weighted by atomic mass is 10.1. The third kappa shape index (κ3) is 3.19. The van der Waals surface area contributed by atoms with Crippen LogP contribution in [0.2, 0.25) is 5.15 Å². The molecule has 0 spiro atoms. The van der Waals surface area contributed by atoms with Gasteiger partial charge in [-0.2, -0.15) is 18.4 Å². The molecule has 0 saturated carbocycles. The standard InChI is InChI=1S/C13H7ClF3N3/c14-11-5-8(7-18)6-12(20-11)19-10-4-2-1-3-9(10)13(15,16)17/h1-6H,(H,19,20). The quantitative estimate of drug-likeness (QED) is 0.837. The van der Waals surface area contributed by atoms with Gasteiger partial charge in [0.15, 0.2) is 0 Å². The molecular formula is C13H7ClF3N3. The molecule has 0 aliphatic carbocycles. The highest BCUT2D eigenvalue weighted by Gasteiger charge is 2.33. The Bertz CT molecular complexity index is 677. The second-order valence-electron chi connectivity index (χ2n) is 3.84. The Balaban J connectivity index is 2.41. The summed E-state index contributed by atoms with van der Waals surface area (Å²) in [5.74, 6) is 0.0748. The van der Waals surface area contributed by atoms with Crippen molar-refractivity contribution in [1.29, 1.82) is 5.26 Å². The van der Waals surface area contributed by atoms with Gasteiger partial charge in [-0.05, 0) is 24.3 Å². The maximum atomic E-state index is 12.8. The normalized spacial score (nSPS) is 10.9. The van der Waals surface area contributed by atoms with Gasteiger partial charge in [-0.25, -0.2) is 4.98 Å². The third-order valence-corrected chi connectivity index (χ3v) is 2.61. The Morgan fingerprint density at radius 1 is 1.20 bits per heavy atom. The fourth-order valence-electron chi connectivity index (χ4n) is 1.60. The number of aromatic nitrogens is 1. The number of alkyl halides is 3. The highest BCUT2D eigenvalue weighted by Crippen LogP contribution is 2.35. The van der Waals surface area contributed by atoms with Crippen LogP contribution in [0.25, 0.3) is 0 Å². The smallest absolute Gasteiger partial charge is 0.340 e. The molecule has 0 bridgehead atoms. The number of benzene rings is 1. The fourth-order valence-corrected chi connectivity index (χ4v) is 1.81. The maximum Gasteiger partial charge on any atom is 0.418 e. The monoisotopic (exact) mass is 297 g/mol. The van der Waals surface area contributed by atoms with Gasteiger partial charge in [0.25, 0.3) is 0 Å². The molecule has 2 rings (SSSR count). The van der Waals surface area contributed by atoms with Crippen LogP contribution >= 0.6 is 11.6 Å². The Labute approximate surface area is 117 Å². The lowest BCUT2D eigenvalue weighted by Gasteiger charge is -2.14. The highest BCUT2D eigenvalue weighted by atomic mass is 35.5. The summed E-state index contributed by atoms with van der Waals surface area (Å²) in [5.41, 5.74) is -0.768. The van der Waals surface area contributed by atoms with Crippen molar-refractivity contribution in [1.82, 2.24) is 4.98 Å². The van der Waals surface area contributed by atoms with Crippen molar-refractivity contribution in [3.63, 3.8) is 0 Å². The summed E-state index contributed by atoms with van der Waals surface area (Å²) in [4.78, 5) is 3.84. The van der Waals surface area contributed by atoms with Crippen LogP contribution in [0.3, 0.4) is 0 Å². The Hall–Kier alpha value is -2.26. The van der Waals surface area contributed by atoms with Crippen molar-refractivity contribution in [3.05, 3.63) is 52.7 Å². The molecule has 3 nitrogen and oxygen atoms in total. The second kappa shape index (κ2) is 5.39. The van der Waals surface area contributed by atoms with Crippen LogP contribution < -0.4 is 5.32 Å². The zero-order chi connectivity index (χ0) is 14.8. The van der Waals surface area contributed by atoms with E-state index in [0.29, 0.717) is 0 Å². The van der Waals surface area contributed by atoms with E-state index >= 15 is 0 Å². The van der Waals surface area contributed by atoms with Gasteiger partial charge < -0.3 is 5.32 Å². The van der Waals surface area contributed by atoms with Crippen molar-refractivity contribution in [2.24, 2.45) is 0 Å². The van der Waals surface area contributed by atoms with Crippen molar-refractivity contribution in [2.75, 3.05) is 5.32 Å². The van der Waals surface area contributed by atoms with Crippen LogP contribution in [0.5, 0.6) is 0 Å². The molecule has 2 aromatic rings. The number of para-hydroxylation sites is 1. The zero-order valence-electron chi connectivity index (χ0n) is 9.87. The summed E-state index contributed by atoms with van der Waals surface area (Å²) >= 11 is 5.70. The lowest BCUT2D eigenvalue weighted by Crippen LogP contribution is -2.09. The number of anilines is 2. The van der Waals surface area contributed by atoms with Crippen molar-refractivity contribution in [2.45, 2.75) is 6.18 Å². The van der Waals surface area contributed by atoms with Gasteiger partial charge >= 0.3 is 6.18 Å². The summed E-state index contributed by atoms with van der Waals surface area (Å²) in [6, 6.07) is 9.48. The van der Waals surface area contributed by atoms with E-state index < -0.39 is 11.7 Å². The first-order valence-electron chi connectivity index (χ1n) is 5.41. The van der Waals surface area contributed by atoms with Crippen LogP contribution in [0, 0.1) is 11.3 Å². The molecule has 0 aliphatic rings. The molecule has 7 heteroatoms. The van der Waals surface area contributed by atoms with Crippen LogP contribution in [-0.2, 0) is 6.18 Å². The van der Waals surface area contributed by atoms with Crippen LogP contribution in [0.4, 0.5) is 24.7 Å². The van der Waals surface area contributed by atoms with Crippen molar-refractivity contribution >= 4 is 23.1 Å². The molecule has 20 heavy (non-hydrogen) atoms. The molecule has 0 aliphatic heterocycles. The third-order valence-electron chi connectivity index (χ3n) is 2.42. The number of nitrogens with zero attached hydrogens (tertiary/aromatic N) is 2. The first kappa shape index (κ1) is 14.2. The number of hydrogen-bond acceptors (Lipinski definition) is 3. The largest absolute Gasteiger partial charge is 0.418 e. The minimum absolute atomic E-state index is 0.0241. The van der Waals surface area contributed by atoms with E-state index in [2.05, 4.69) is 10.3 Å². The van der Waals surface area contributed by atoms with Crippen LogP contribution in [-0.4, -0.2) is 4.98 Å². The van der Waals surface area contributed by atoms with E-state index in [1.807, 2.05) is 6.07 Å². The predicted octanol–water partition coefficient (Wildman–Crippen LogP) is 4.37.